The van der Waals surface area contributed by atoms with E-state index in [2.05, 4.69) is 0 Å². The molecule has 1 aromatic rings. The van der Waals surface area contributed by atoms with Gasteiger partial charge in [-0.05, 0) is 30.4 Å². The maximum atomic E-state index is 13.8. The minimum absolute atomic E-state index is 0.0690. The number of aliphatic hydroxyl groups excluding tert-OH is 1. The fraction of sp³-hybridized carbons (Fsp3) is 0.500. The van der Waals surface area contributed by atoms with Gasteiger partial charge in [0.15, 0.2) is 6.10 Å². The predicted octanol–water partition coefficient (Wildman–Crippen LogP) is 3.10. The summed E-state index contributed by atoms with van der Waals surface area (Å²) in [5.74, 6) is -1.07. The van der Waals surface area contributed by atoms with Crippen LogP contribution in [0.2, 0.25) is 5.02 Å². The summed E-state index contributed by atoms with van der Waals surface area (Å²) in [6.45, 7) is 0.310. The van der Waals surface area contributed by atoms with Crippen molar-refractivity contribution in [3.8, 4) is 6.07 Å². The quantitative estimate of drug-likeness (QED) is 0.845. The minimum Gasteiger partial charge on any atom is -0.382 e. The molecule has 0 spiro atoms. The molecule has 1 unspecified atom stereocenters. The van der Waals surface area contributed by atoms with Crippen molar-refractivity contribution in [1.29, 1.82) is 5.26 Å². The normalized spacial score (nSPS) is 28.2. The maximum Gasteiger partial charge on any atom is 0.416 e. The highest BCUT2D eigenvalue weighted by molar-refractivity contribution is 6.32. The number of hydrogen-bond donors (Lipinski definition) is 1. The Labute approximate surface area is 128 Å². The van der Waals surface area contributed by atoms with Crippen LogP contribution in [-0.2, 0) is 0 Å². The van der Waals surface area contributed by atoms with E-state index in [9.17, 15) is 22.7 Å². The van der Waals surface area contributed by atoms with Crippen molar-refractivity contribution in [3.05, 3.63) is 28.5 Å². The largest absolute Gasteiger partial charge is 0.416 e. The van der Waals surface area contributed by atoms with Gasteiger partial charge in [0.25, 0.3) is 0 Å². The number of nitriles is 1. The molecule has 0 aromatic heterocycles. The van der Waals surface area contributed by atoms with Gasteiger partial charge in [0.05, 0.1) is 11.1 Å². The van der Waals surface area contributed by atoms with Crippen LogP contribution in [0.4, 0.5) is 23.2 Å². The second kappa shape index (κ2) is 5.00. The van der Waals surface area contributed by atoms with Crippen molar-refractivity contribution < 1.29 is 22.7 Å². The van der Waals surface area contributed by atoms with Gasteiger partial charge in [-0.15, -0.1) is 0 Å². The molecule has 8 heteroatoms. The van der Waals surface area contributed by atoms with E-state index in [0.717, 1.165) is 6.07 Å². The number of halogens is 5. The average Bonchev–Trinajstić information content (AvgIpc) is 3.07. The van der Waals surface area contributed by atoms with Gasteiger partial charge in [-0.1, -0.05) is 11.6 Å². The van der Waals surface area contributed by atoms with Gasteiger partial charge >= 0.3 is 6.18 Å². The summed E-state index contributed by atoms with van der Waals surface area (Å²) >= 11 is 5.80. The number of anilines is 1. The lowest BCUT2D eigenvalue weighted by Crippen LogP contribution is -2.49. The van der Waals surface area contributed by atoms with Crippen LogP contribution in [0.25, 0.3) is 0 Å². The lowest BCUT2D eigenvalue weighted by Gasteiger charge is -2.34. The van der Waals surface area contributed by atoms with Gasteiger partial charge in [0.1, 0.15) is 17.4 Å². The third-order valence-corrected chi connectivity index (χ3v) is 4.63. The number of piperidine rings is 1. The number of benzene rings is 1. The third kappa shape index (κ3) is 2.40. The zero-order valence-corrected chi connectivity index (χ0v) is 11.9. The molecule has 2 aliphatic rings. The average molecular weight is 335 g/mol. The van der Waals surface area contributed by atoms with Crippen LogP contribution in [0.5, 0.6) is 0 Å². The number of fused-ring (bicyclic) bond motifs is 1. The third-order valence-electron chi connectivity index (χ3n) is 4.34. The molecule has 1 heterocycles. The van der Waals surface area contributed by atoms with Crippen molar-refractivity contribution >= 4 is 17.3 Å². The number of rotatable bonds is 2. The van der Waals surface area contributed by atoms with E-state index in [1.807, 2.05) is 0 Å². The smallest absolute Gasteiger partial charge is 0.382 e. The monoisotopic (exact) mass is 334 g/mol. The van der Waals surface area contributed by atoms with Gasteiger partial charge in [0, 0.05) is 12.2 Å². The fourth-order valence-corrected chi connectivity index (χ4v) is 3.46. The van der Waals surface area contributed by atoms with Crippen LogP contribution in [0.15, 0.2) is 12.1 Å². The lowest BCUT2D eigenvalue weighted by atomic mass is 10.0. The van der Waals surface area contributed by atoms with Crippen LogP contribution < -0.4 is 4.90 Å². The molecule has 1 N–H and O–H groups in total. The summed E-state index contributed by atoms with van der Waals surface area (Å²) < 4.78 is 52.3. The molecule has 118 valence electrons. The molecule has 3 rings (SSSR count). The lowest BCUT2D eigenvalue weighted by molar-refractivity contribution is -0.210. The first-order valence-electron chi connectivity index (χ1n) is 6.64. The molecule has 1 aliphatic heterocycles. The summed E-state index contributed by atoms with van der Waals surface area (Å²) in [6, 6.07) is 2.72. The Kier molecular flexibility index (Phi) is 3.49. The van der Waals surface area contributed by atoms with E-state index in [1.54, 1.807) is 6.07 Å². The second-order valence-electron chi connectivity index (χ2n) is 5.69. The van der Waals surface area contributed by atoms with Crippen molar-refractivity contribution in [3.63, 3.8) is 0 Å². The Bertz CT molecular complexity index is 634. The SMILES string of the molecule is N#Cc1c(F)cc(N2C[C@@H]3CC3[C@@H]2[C@@H](O)C(F)(F)F)cc1Cl. The molecule has 1 saturated heterocycles. The summed E-state index contributed by atoms with van der Waals surface area (Å²) in [6.07, 6.45) is -6.61. The topological polar surface area (TPSA) is 47.3 Å². The Balaban J connectivity index is 1.96. The van der Waals surface area contributed by atoms with Crippen molar-refractivity contribution in [2.45, 2.75) is 24.7 Å². The number of alkyl halides is 3. The van der Waals surface area contributed by atoms with E-state index >= 15 is 0 Å². The van der Waals surface area contributed by atoms with E-state index in [-0.39, 0.29) is 28.1 Å². The Morgan fingerprint density at radius 3 is 2.64 bits per heavy atom. The highest BCUT2D eigenvalue weighted by Crippen LogP contribution is 2.53. The van der Waals surface area contributed by atoms with E-state index in [0.29, 0.717) is 13.0 Å². The van der Waals surface area contributed by atoms with Gasteiger partial charge in [-0.2, -0.15) is 18.4 Å². The molecule has 1 aromatic carbocycles. The van der Waals surface area contributed by atoms with Crippen LogP contribution in [0, 0.1) is 29.0 Å². The number of nitrogens with zero attached hydrogens (tertiary/aromatic N) is 2. The summed E-state index contributed by atoms with van der Waals surface area (Å²) in [4.78, 5) is 1.34. The maximum absolute atomic E-state index is 13.8. The zero-order chi connectivity index (χ0) is 16.2. The van der Waals surface area contributed by atoms with E-state index in [1.165, 1.54) is 11.0 Å². The Morgan fingerprint density at radius 2 is 2.09 bits per heavy atom. The van der Waals surface area contributed by atoms with Crippen LogP contribution in [0.3, 0.4) is 0 Å². The molecule has 2 fully saturated rings. The molecular formula is C14H11ClF4N2O. The highest BCUT2D eigenvalue weighted by atomic mass is 35.5. The molecule has 4 atom stereocenters. The first-order valence-corrected chi connectivity index (χ1v) is 7.02. The van der Waals surface area contributed by atoms with Crippen molar-refractivity contribution in [2.24, 2.45) is 11.8 Å². The van der Waals surface area contributed by atoms with E-state index < -0.39 is 24.1 Å². The predicted molar refractivity (Wildman–Crippen MR) is 70.9 cm³/mol. The Morgan fingerprint density at radius 1 is 1.41 bits per heavy atom. The van der Waals surface area contributed by atoms with Crippen LogP contribution in [0.1, 0.15) is 12.0 Å². The van der Waals surface area contributed by atoms with Crippen molar-refractivity contribution in [2.75, 3.05) is 11.4 Å². The molecule has 0 radical (unpaired) electrons. The van der Waals surface area contributed by atoms with Gasteiger partial charge in [-0.3, -0.25) is 0 Å². The summed E-state index contributed by atoms with van der Waals surface area (Å²) in [7, 11) is 0. The van der Waals surface area contributed by atoms with Crippen LogP contribution >= 0.6 is 11.6 Å². The summed E-state index contributed by atoms with van der Waals surface area (Å²) in [5.41, 5.74) is -0.190. The van der Waals surface area contributed by atoms with Gasteiger partial charge in [0.2, 0.25) is 0 Å². The molecule has 1 saturated carbocycles. The van der Waals surface area contributed by atoms with Gasteiger partial charge < -0.3 is 10.0 Å². The molecular weight excluding hydrogens is 324 g/mol. The Hall–Kier alpha value is -1.52. The first-order chi connectivity index (χ1) is 10.2. The molecule has 0 bridgehead atoms. The standard InChI is InChI=1S/C14H11ClF4N2O/c15-10-2-7(3-11(16)9(10)4-20)21-5-6-1-8(6)12(21)13(22)14(17,18)19/h2-3,6,8,12-13,22H,1,5H2/t6-,8?,12+,13+/m0/s1. The van der Waals surface area contributed by atoms with Crippen molar-refractivity contribution in [1.82, 2.24) is 0 Å². The first kappa shape index (κ1) is 15.4. The molecule has 1 aliphatic carbocycles. The second-order valence-corrected chi connectivity index (χ2v) is 6.09. The van der Waals surface area contributed by atoms with E-state index in [4.69, 9.17) is 16.9 Å². The zero-order valence-electron chi connectivity index (χ0n) is 11.1. The summed E-state index contributed by atoms with van der Waals surface area (Å²) in [5, 5.41) is 18.2. The number of hydrogen-bond acceptors (Lipinski definition) is 3. The molecule has 0 amide bonds. The minimum atomic E-state index is -4.74. The van der Waals surface area contributed by atoms with Crippen LogP contribution in [-0.4, -0.2) is 30.0 Å². The highest BCUT2D eigenvalue weighted by Gasteiger charge is 2.60. The fourth-order valence-electron chi connectivity index (χ4n) is 3.21. The number of aliphatic hydroxyl groups is 1. The molecule has 22 heavy (non-hydrogen) atoms. The van der Waals surface area contributed by atoms with Gasteiger partial charge in [-0.25, -0.2) is 4.39 Å². The molecule has 3 nitrogen and oxygen atoms in total.